The predicted octanol–water partition coefficient (Wildman–Crippen LogP) is 5.16. The van der Waals surface area contributed by atoms with Crippen molar-refractivity contribution in [2.45, 2.75) is 51.2 Å². The monoisotopic (exact) mass is 367 g/mol. The molecular formula is C24H33NO2. The summed E-state index contributed by atoms with van der Waals surface area (Å²) in [6.45, 7) is 7.19. The molecule has 2 atom stereocenters. The molecule has 146 valence electrons. The molecule has 0 unspecified atom stereocenters. The molecule has 1 saturated heterocycles. The van der Waals surface area contributed by atoms with E-state index in [0.717, 1.165) is 44.7 Å². The number of para-hydroxylation sites is 1. The molecule has 1 aliphatic heterocycles. The number of ether oxygens (including phenoxy) is 2. The van der Waals surface area contributed by atoms with Crippen LogP contribution in [0.15, 0.2) is 54.6 Å². The van der Waals surface area contributed by atoms with Gasteiger partial charge >= 0.3 is 0 Å². The van der Waals surface area contributed by atoms with Crippen LogP contribution in [0, 0.1) is 5.92 Å². The van der Waals surface area contributed by atoms with E-state index >= 15 is 0 Å². The summed E-state index contributed by atoms with van der Waals surface area (Å²) in [6.07, 6.45) is 3.31. The Morgan fingerprint density at radius 1 is 1.11 bits per heavy atom. The summed E-state index contributed by atoms with van der Waals surface area (Å²) >= 11 is 0. The molecule has 0 spiro atoms. The molecule has 2 aromatic carbocycles. The number of hydrogen-bond donors (Lipinski definition) is 1. The van der Waals surface area contributed by atoms with E-state index in [-0.39, 0.29) is 5.60 Å². The lowest BCUT2D eigenvalue weighted by Gasteiger charge is -2.40. The third kappa shape index (κ3) is 5.57. The summed E-state index contributed by atoms with van der Waals surface area (Å²) in [6, 6.07) is 19.1. The number of benzene rings is 2. The second-order valence-electron chi connectivity index (χ2n) is 8.16. The van der Waals surface area contributed by atoms with Gasteiger partial charge in [0, 0.05) is 13.2 Å². The number of methoxy groups -OCH3 is 1. The minimum atomic E-state index is -0.0410. The topological polar surface area (TPSA) is 30.5 Å². The van der Waals surface area contributed by atoms with Crippen molar-refractivity contribution in [1.82, 2.24) is 5.32 Å². The van der Waals surface area contributed by atoms with Gasteiger partial charge in [-0.25, -0.2) is 0 Å². The summed E-state index contributed by atoms with van der Waals surface area (Å²) in [5, 5.41) is 3.63. The van der Waals surface area contributed by atoms with Crippen molar-refractivity contribution in [3.05, 3.63) is 65.7 Å². The highest BCUT2D eigenvalue weighted by Crippen LogP contribution is 2.42. The van der Waals surface area contributed by atoms with Gasteiger partial charge in [-0.15, -0.1) is 0 Å². The van der Waals surface area contributed by atoms with E-state index in [4.69, 9.17) is 9.47 Å². The first-order valence-corrected chi connectivity index (χ1v) is 10.1. The van der Waals surface area contributed by atoms with E-state index in [9.17, 15) is 0 Å². The Balaban J connectivity index is 1.69. The summed E-state index contributed by atoms with van der Waals surface area (Å²) in [4.78, 5) is 0. The largest absolute Gasteiger partial charge is 0.496 e. The Hall–Kier alpha value is -1.84. The Labute approximate surface area is 164 Å². The van der Waals surface area contributed by atoms with Gasteiger partial charge < -0.3 is 14.8 Å². The van der Waals surface area contributed by atoms with Crippen molar-refractivity contribution >= 4 is 0 Å². The highest BCUT2D eigenvalue weighted by atomic mass is 16.5. The van der Waals surface area contributed by atoms with Crippen molar-refractivity contribution in [3.63, 3.8) is 0 Å². The summed E-state index contributed by atoms with van der Waals surface area (Å²) in [5.41, 5.74) is 2.63. The van der Waals surface area contributed by atoms with Gasteiger partial charge in [-0.05, 0) is 68.7 Å². The molecule has 27 heavy (non-hydrogen) atoms. The van der Waals surface area contributed by atoms with Gasteiger partial charge in [0.2, 0.25) is 0 Å². The van der Waals surface area contributed by atoms with Gasteiger partial charge in [0.25, 0.3) is 0 Å². The van der Waals surface area contributed by atoms with Crippen molar-refractivity contribution in [2.75, 3.05) is 20.3 Å². The van der Waals surface area contributed by atoms with E-state index in [0.29, 0.717) is 11.8 Å². The van der Waals surface area contributed by atoms with E-state index in [1.165, 1.54) is 11.1 Å². The molecule has 1 fully saturated rings. The zero-order chi connectivity index (χ0) is 19.1. The zero-order valence-electron chi connectivity index (χ0n) is 16.9. The van der Waals surface area contributed by atoms with E-state index in [1.54, 1.807) is 7.11 Å². The molecule has 3 nitrogen and oxygen atoms in total. The van der Waals surface area contributed by atoms with Crippen LogP contribution in [0.4, 0.5) is 0 Å². The molecular weight excluding hydrogens is 334 g/mol. The Morgan fingerprint density at radius 2 is 1.85 bits per heavy atom. The molecule has 0 saturated carbocycles. The van der Waals surface area contributed by atoms with Gasteiger partial charge in [0.15, 0.2) is 0 Å². The molecule has 1 heterocycles. The summed E-state index contributed by atoms with van der Waals surface area (Å²) in [5.74, 6) is 2.10. The standard InChI is InChI=1S/C24H33NO2/c1-24(2)17-20(14-16-27-24)21(22-11-7-8-12-23(22)26-3)13-15-25-18-19-9-5-4-6-10-19/h4-12,20-21,25H,13-18H2,1-3H3/t20-,21+/m1/s1. The molecule has 3 rings (SSSR count). The maximum absolute atomic E-state index is 5.97. The van der Waals surface area contributed by atoms with Gasteiger partial charge in [-0.3, -0.25) is 0 Å². The number of nitrogens with one attached hydrogen (secondary N) is 1. The highest BCUT2D eigenvalue weighted by Gasteiger charge is 2.34. The summed E-state index contributed by atoms with van der Waals surface area (Å²) in [7, 11) is 1.78. The van der Waals surface area contributed by atoms with E-state index in [2.05, 4.69) is 73.8 Å². The molecule has 0 amide bonds. The molecule has 0 aromatic heterocycles. The third-order valence-electron chi connectivity index (χ3n) is 5.65. The predicted molar refractivity (Wildman–Crippen MR) is 111 cm³/mol. The highest BCUT2D eigenvalue weighted by molar-refractivity contribution is 5.37. The Bertz CT molecular complexity index is 699. The van der Waals surface area contributed by atoms with Crippen molar-refractivity contribution in [3.8, 4) is 5.75 Å². The minimum Gasteiger partial charge on any atom is -0.496 e. The molecule has 2 aromatic rings. The van der Waals surface area contributed by atoms with Crippen LogP contribution in [0.1, 0.15) is 50.2 Å². The van der Waals surface area contributed by atoms with Crippen molar-refractivity contribution in [1.29, 1.82) is 0 Å². The second kappa shape index (κ2) is 9.38. The fraction of sp³-hybridized carbons (Fsp3) is 0.500. The van der Waals surface area contributed by atoms with Crippen LogP contribution in [0.5, 0.6) is 5.75 Å². The first-order valence-electron chi connectivity index (χ1n) is 10.1. The lowest BCUT2D eigenvalue weighted by molar-refractivity contribution is -0.0772. The Morgan fingerprint density at radius 3 is 2.59 bits per heavy atom. The average molecular weight is 368 g/mol. The smallest absolute Gasteiger partial charge is 0.122 e. The average Bonchev–Trinajstić information content (AvgIpc) is 2.68. The van der Waals surface area contributed by atoms with Gasteiger partial charge in [-0.1, -0.05) is 48.5 Å². The molecule has 0 aliphatic carbocycles. The van der Waals surface area contributed by atoms with Crippen molar-refractivity contribution in [2.24, 2.45) is 5.92 Å². The minimum absolute atomic E-state index is 0.0410. The lowest BCUT2D eigenvalue weighted by Crippen LogP contribution is -2.37. The maximum Gasteiger partial charge on any atom is 0.122 e. The lowest BCUT2D eigenvalue weighted by atomic mass is 9.75. The fourth-order valence-electron chi connectivity index (χ4n) is 4.33. The molecule has 3 heteroatoms. The normalized spacial score (nSPS) is 20.2. The number of rotatable bonds is 8. The SMILES string of the molecule is COc1ccccc1[C@@H](CCNCc1ccccc1)[C@@H]1CCOC(C)(C)C1. The Kier molecular flexibility index (Phi) is 6.92. The van der Waals surface area contributed by atoms with Crippen molar-refractivity contribution < 1.29 is 9.47 Å². The van der Waals surface area contributed by atoms with Crippen LogP contribution in [0.2, 0.25) is 0 Å². The fourth-order valence-corrected chi connectivity index (χ4v) is 4.33. The zero-order valence-corrected chi connectivity index (χ0v) is 16.9. The number of hydrogen-bond acceptors (Lipinski definition) is 3. The first-order chi connectivity index (χ1) is 13.1. The van der Waals surface area contributed by atoms with Crippen LogP contribution < -0.4 is 10.1 Å². The van der Waals surface area contributed by atoms with Crippen LogP contribution >= 0.6 is 0 Å². The second-order valence-corrected chi connectivity index (χ2v) is 8.16. The summed E-state index contributed by atoms with van der Waals surface area (Å²) < 4.78 is 11.7. The molecule has 0 radical (unpaired) electrons. The van der Waals surface area contributed by atoms with Crippen LogP contribution in [0.25, 0.3) is 0 Å². The van der Waals surface area contributed by atoms with Crippen LogP contribution in [-0.2, 0) is 11.3 Å². The molecule has 0 bridgehead atoms. The van der Waals surface area contributed by atoms with E-state index < -0.39 is 0 Å². The quantitative estimate of drug-likeness (QED) is 0.654. The van der Waals surface area contributed by atoms with E-state index in [1.807, 2.05) is 0 Å². The van der Waals surface area contributed by atoms with Gasteiger partial charge in [0.05, 0.1) is 12.7 Å². The molecule has 1 aliphatic rings. The van der Waals surface area contributed by atoms with Crippen LogP contribution in [0.3, 0.4) is 0 Å². The maximum atomic E-state index is 5.97. The molecule has 1 N–H and O–H groups in total. The van der Waals surface area contributed by atoms with Gasteiger partial charge in [-0.2, -0.15) is 0 Å². The van der Waals surface area contributed by atoms with Crippen LogP contribution in [-0.4, -0.2) is 25.9 Å². The van der Waals surface area contributed by atoms with Gasteiger partial charge in [0.1, 0.15) is 5.75 Å². The first kappa shape index (κ1) is 19.9. The third-order valence-corrected chi connectivity index (χ3v) is 5.65.